The van der Waals surface area contributed by atoms with Gasteiger partial charge in [-0.1, -0.05) is 62.4 Å². The average Bonchev–Trinajstić information content (AvgIpc) is 2.61. The smallest absolute Gasteiger partial charge is 0.225 e. The van der Waals surface area contributed by atoms with Gasteiger partial charge in [-0.3, -0.25) is 0 Å². The van der Waals surface area contributed by atoms with E-state index in [-0.39, 0.29) is 0 Å². The highest BCUT2D eigenvalue weighted by molar-refractivity contribution is 5.67. The van der Waals surface area contributed by atoms with E-state index in [1.54, 1.807) is 0 Å². The molecule has 3 aromatic rings. The highest BCUT2D eigenvalue weighted by Gasteiger charge is 2.07. The molecule has 3 rings (SSSR count). The van der Waals surface area contributed by atoms with Gasteiger partial charge >= 0.3 is 0 Å². The standard InChI is InChI=1S/C20H22N4/c1-15(2)14-21-20-23-18(16-9-5-3-6-10-16)13-19(24-20)22-17-11-7-4-8-12-17/h3-13,15H,14H2,1-2H3,(H2,21,22,23,24). The maximum atomic E-state index is 4.66. The lowest BCUT2D eigenvalue weighted by Crippen LogP contribution is -2.11. The number of anilines is 3. The van der Waals surface area contributed by atoms with E-state index in [0.29, 0.717) is 11.9 Å². The molecule has 0 fully saturated rings. The molecule has 1 aromatic heterocycles. The van der Waals surface area contributed by atoms with Crippen molar-refractivity contribution in [3.63, 3.8) is 0 Å². The number of benzene rings is 2. The lowest BCUT2D eigenvalue weighted by molar-refractivity contribution is 0.685. The SMILES string of the molecule is CC(C)CNc1nc(Nc2ccccc2)cc(-c2ccccc2)n1. The van der Waals surface area contributed by atoms with Crippen LogP contribution >= 0.6 is 0 Å². The summed E-state index contributed by atoms with van der Waals surface area (Å²) >= 11 is 0. The third-order valence-corrected chi connectivity index (χ3v) is 3.51. The van der Waals surface area contributed by atoms with E-state index in [0.717, 1.165) is 29.3 Å². The Labute approximate surface area is 143 Å². The molecule has 0 saturated heterocycles. The van der Waals surface area contributed by atoms with Crippen LogP contribution in [0.2, 0.25) is 0 Å². The fraction of sp³-hybridized carbons (Fsp3) is 0.200. The van der Waals surface area contributed by atoms with E-state index in [1.165, 1.54) is 0 Å². The van der Waals surface area contributed by atoms with Crippen molar-refractivity contribution in [3.8, 4) is 11.3 Å². The van der Waals surface area contributed by atoms with E-state index >= 15 is 0 Å². The van der Waals surface area contributed by atoms with Crippen LogP contribution in [-0.4, -0.2) is 16.5 Å². The summed E-state index contributed by atoms with van der Waals surface area (Å²) in [6.45, 7) is 5.16. The van der Waals surface area contributed by atoms with E-state index in [4.69, 9.17) is 0 Å². The zero-order chi connectivity index (χ0) is 16.8. The minimum Gasteiger partial charge on any atom is -0.354 e. The predicted octanol–water partition coefficient (Wildman–Crippen LogP) is 4.96. The van der Waals surface area contributed by atoms with Crippen molar-refractivity contribution in [1.29, 1.82) is 0 Å². The van der Waals surface area contributed by atoms with E-state index in [1.807, 2.05) is 54.6 Å². The number of nitrogens with zero attached hydrogens (tertiary/aromatic N) is 2. The summed E-state index contributed by atoms with van der Waals surface area (Å²) in [5.74, 6) is 1.95. The molecule has 0 atom stereocenters. The van der Waals surface area contributed by atoms with Crippen LogP contribution in [0, 0.1) is 5.92 Å². The van der Waals surface area contributed by atoms with Gasteiger partial charge in [0.15, 0.2) is 0 Å². The van der Waals surface area contributed by atoms with E-state index in [9.17, 15) is 0 Å². The first kappa shape index (κ1) is 16.0. The van der Waals surface area contributed by atoms with Gasteiger partial charge in [0, 0.05) is 23.9 Å². The van der Waals surface area contributed by atoms with Gasteiger partial charge in [0.1, 0.15) is 5.82 Å². The van der Waals surface area contributed by atoms with Crippen molar-refractivity contribution in [3.05, 3.63) is 66.7 Å². The van der Waals surface area contributed by atoms with Gasteiger partial charge in [0.25, 0.3) is 0 Å². The maximum Gasteiger partial charge on any atom is 0.225 e. The Hall–Kier alpha value is -2.88. The van der Waals surface area contributed by atoms with Crippen molar-refractivity contribution in [2.45, 2.75) is 13.8 Å². The molecule has 0 saturated carbocycles. The summed E-state index contributed by atoms with van der Waals surface area (Å²) in [4.78, 5) is 9.25. The molecular formula is C20H22N4. The molecule has 2 aromatic carbocycles. The lowest BCUT2D eigenvalue weighted by atomic mass is 10.1. The minimum atomic E-state index is 0.527. The number of aromatic nitrogens is 2. The molecule has 2 N–H and O–H groups in total. The molecule has 1 heterocycles. The molecular weight excluding hydrogens is 296 g/mol. The van der Waals surface area contributed by atoms with Crippen molar-refractivity contribution in [2.24, 2.45) is 5.92 Å². The molecule has 0 aliphatic carbocycles. The van der Waals surface area contributed by atoms with Crippen LogP contribution in [0.1, 0.15) is 13.8 Å². The Bertz CT molecular complexity index is 770. The van der Waals surface area contributed by atoms with Gasteiger partial charge in [-0.15, -0.1) is 0 Å². The topological polar surface area (TPSA) is 49.8 Å². The second-order valence-corrected chi connectivity index (χ2v) is 6.09. The fourth-order valence-corrected chi connectivity index (χ4v) is 2.31. The molecule has 4 heteroatoms. The van der Waals surface area contributed by atoms with Gasteiger partial charge in [0.2, 0.25) is 5.95 Å². The largest absolute Gasteiger partial charge is 0.354 e. The molecule has 0 amide bonds. The van der Waals surface area contributed by atoms with Crippen LogP contribution in [0.15, 0.2) is 66.7 Å². The van der Waals surface area contributed by atoms with Crippen LogP contribution in [0.3, 0.4) is 0 Å². The second kappa shape index (κ2) is 7.59. The number of hydrogen-bond donors (Lipinski definition) is 2. The quantitative estimate of drug-likeness (QED) is 0.675. The zero-order valence-corrected chi connectivity index (χ0v) is 14.0. The summed E-state index contributed by atoms with van der Waals surface area (Å²) in [7, 11) is 0. The monoisotopic (exact) mass is 318 g/mol. The molecule has 122 valence electrons. The highest BCUT2D eigenvalue weighted by Crippen LogP contribution is 2.23. The molecule has 4 nitrogen and oxygen atoms in total. The Morgan fingerprint density at radius 3 is 2.21 bits per heavy atom. The Morgan fingerprint density at radius 1 is 0.875 bits per heavy atom. The van der Waals surface area contributed by atoms with E-state index < -0.39 is 0 Å². The van der Waals surface area contributed by atoms with Gasteiger partial charge in [-0.25, -0.2) is 4.98 Å². The summed E-state index contributed by atoms with van der Waals surface area (Å²) in [6, 6.07) is 22.2. The third-order valence-electron chi connectivity index (χ3n) is 3.51. The Morgan fingerprint density at radius 2 is 1.54 bits per heavy atom. The van der Waals surface area contributed by atoms with E-state index in [2.05, 4.69) is 46.6 Å². The van der Waals surface area contributed by atoms with Crippen LogP contribution in [-0.2, 0) is 0 Å². The first-order valence-corrected chi connectivity index (χ1v) is 8.21. The molecule has 0 aliphatic rings. The highest BCUT2D eigenvalue weighted by atomic mass is 15.1. The number of hydrogen-bond acceptors (Lipinski definition) is 4. The van der Waals surface area contributed by atoms with Crippen molar-refractivity contribution in [1.82, 2.24) is 9.97 Å². The zero-order valence-electron chi connectivity index (χ0n) is 14.0. The first-order chi connectivity index (χ1) is 11.7. The molecule has 24 heavy (non-hydrogen) atoms. The molecule has 0 unspecified atom stereocenters. The van der Waals surface area contributed by atoms with Gasteiger partial charge in [-0.05, 0) is 18.1 Å². The number of para-hydroxylation sites is 1. The summed E-state index contributed by atoms with van der Waals surface area (Å²) in [5.41, 5.74) is 2.98. The summed E-state index contributed by atoms with van der Waals surface area (Å²) in [6.07, 6.45) is 0. The third kappa shape index (κ3) is 4.32. The lowest BCUT2D eigenvalue weighted by Gasteiger charge is -2.12. The van der Waals surface area contributed by atoms with Gasteiger partial charge in [-0.2, -0.15) is 4.98 Å². The first-order valence-electron chi connectivity index (χ1n) is 8.21. The molecule has 0 spiro atoms. The summed E-state index contributed by atoms with van der Waals surface area (Å²) < 4.78 is 0. The van der Waals surface area contributed by atoms with Gasteiger partial charge < -0.3 is 10.6 Å². The molecule has 0 aliphatic heterocycles. The average molecular weight is 318 g/mol. The normalized spacial score (nSPS) is 10.6. The summed E-state index contributed by atoms with van der Waals surface area (Å²) in [5, 5.41) is 6.67. The molecule has 0 radical (unpaired) electrons. The maximum absolute atomic E-state index is 4.66. The van der Waals surface area contributed by atoms with Crippen molar-refractivity contribution in [2.75, 3.05) is 17.2 Å². The second-order valence-electron chi connectivity index (χ2n) is 6.09. The van der Waals surface area contributed by atoms with Crippen LogP contribution in [0.5, 0.6) is 0 Å². The Kier molecular flexibility index (Phi) is 5.06. The van der Waals surface area contributed by atoms with Gasteiger partial charge in [0.05, 0.1) is 5.69 Å². The van der Waals surface area contributed by atoms with Crippen molar-refractivity contribution >= 4 is 17.5 Å². The van der Waals surface area contributed by atoms with Crippen LogP contribution in [0.4, 0.5) is 17.5 Å². The minimum absolute atomic E-state index is 0.527. The molecule has 0 bridgehead atoms. The number of rotatable bonds is 6. The Balaban J connectivity index is 1.93. The van der Waals surface area contributed by atoms with Crippen LogP contribution in [0.25, 0.3) is 11.3 Å². The fourth-order valence-electron chi connectivity index (χ4n) is 2.31. The predicted molar refractivity (Wildman–Crippen MR) is 101 cm³/mol. The van der Waals surface area contributed by atoms with Crippen LogP contribution < -0.4 is 10.6 Å². The van der Waals surface area contributed by atoms with Crippen molar-refractivity contribution < 1.29 is 0 Å². The number of nitrogens with one attached hydrogen (secondary N) is 2.